The van der Waals surface area contributed by atoms with Crippen molar-refractivity contribution in [2.24, 2.45) is 11.3 Å². The Bertz CT molecular complexity index is 2780. The second-order valence-electron chi connectivity index (χ2n) is 16.6. The smallest absolute Gasteiger partial charge is 0.293 e. The van der Waals surface area contributed by atoms with Crippen LogP contribution in [0.15, 0.2) is 95.6 Å². The van der Waals surface area contributed by atoms with Crippen molar-refractivity contribution in [2.45, 2.75) is 50.8 Å². The van der Waals surface area contributed by atoms with Crippen molar-refractivity contribution in [1.29, 1.82) is 0 Å². The fraction of sp³-hybridized carbons (Fsp3) is 0.378. The molecule has 2 saturated heterocycles. The number of halogens is 1. The van der Waals surface area contributed by atoms with Crippen molar-refractivity contribution < 1.29 is 33.1 Å². The third-order valence-corrected chi connectivity index (χ3v) is 13.2. The van der Waals surface area contributed by atoms with Gasteiger partial charge in [0.25, 0.3) is 21.6 Å². The molecule has 0 atom stereocenters. The summed E-state index contributed by atoms with van der Waals surface area (Å²) in [5.74, 6) is -0.381. The lowest BCUT2D eigenvalue weighted by Crippen LogP contribution is -2.47. The zero-order valence-electron chi connectivity index (χ0n) is 38.0. The first-order valence-electron chi connectivity index (χ1n) is 22.3. The van der Waals surface area contributed by atoms with Crippen LogP contribution in [0.3, 0.4) is 0 Å². The van der Waals surface area contributed by atoms with E-state index in [9.17, 15) is 23.3 Å². The highest BCUT2D eigenvalue weighted by atomic mass is 35.5. The molecule has 0 saturated carbocycles. The number of amides is 1. The van der Waals surface area contributed by atoms with Gasteiger partial charge in [-0.25, -0.2) is 18.1 Å². The summed E-state index contributed by atoms with van der Waals surface area (Å²) in [5, 5.41) is 15.7. The van der Waals surface area contributed by atoms with E-state index in [2.05, 4.69) is 43.7 Å². The van der Waals surface area contributed by atoms with Crippen molar-refractivity contribution >= 4 is 61.2 Å². The van der Waals surface area contributed by atoms with Crippen molar-refractivity contribution in [3.63, 3.8) is 0 Å². The van der Waals surface area contributed by atoms with Gasteiger partial charge in [-0.1, -0.05) is 43.1 Å². The molecule has 0 bridgehead atoms. The Morgan fingerprint density at radius 1 is 1.08 bits per heavy atom. The van der Waals surface area contributed by atoms with E-state index in [4.69, 9.17) is 26.6 Å². The standard InChI is InChI=1S/C45H50ClN7O7S/c1-45(2)15-11-33(39(26-45)31-3-5-34(46)6-4-31)29-51-17-19-52(20-18-51)35-7-9-38(42(24-35)60-36-23-32-12-16-47-43(32)49-28-36)44(54)50-61(57,58)37-8-10-40(41(25-37)53(55)56)48-27-30-13-21-59-22-14-30/h3-10,12,16,23-25,28,30,48H,11,13-15,17-22,26-27,29H2,1-2H3,(H,47,49)(H,50,54)/i3D,4D,5D,6D. The minimum Gasteiger partial charge on any atom is -0.455 e. The minimum absolute atomic E-state index is 0.0652. The van der Waals surface area contributed by atoms with Gasteiger partial charge in [-0.2, -0.15) is 0 Å². The molecule has 2 fully saturated rings. The van der Waals surface area contributed by atoms with Crippen LogP contribution in [0.4, 0.5) is 17.1 Å². The molecule has 5 aromatic rings. The molecular weight excluding hydrogens is 818 g/mol. The molecule has 1 aliphatic carbocycles. The molecular formula is C45H50ClN7O7S. The van der Waals surface area contributed by atoms with E-state index in [1.54, 1.807) is 24.4 Å². The van der Waals surface area contributed by atoms with Crippen LogP contribution >= 0.6 is 11.6 Å². The molecule has 320 valence electrons. The first-order chi connectivity index (χ1) is 31.0. The maximum atomic E-state index is 13.9. The average molecular weight is 872 g/mol. The highest BCUT2D eigenvalue weighted by Gasteiger charge is 2.31. The number of carbonyl (C=O) groups is 1. The first-order valence-corrected chi connectivity index (χ1v) is 22.2. The summed E-state index contributed by atoms with van der Waals surface area (Å²) in [6.07, 6.45) is 7.11. The average Bonchev–Trinajstić information content (AvgIpc) is 3.76. The van der Waals surface area contributed by atoms with Crippen molar-refractivity contribution in [2.75, 3.05) is 62.7 Å². The van der Waals surface area contributed by atoms with E-state index >= 15 is 0 Å². The summed E-state index contributed by atoms with van der Waals surface area (Å²) in [4.78, 5) is 36.8. The number of benzene rings is 3. The maximum Gasteiger partial charge on any atom is 0.293 e. The monoisotopic (exact) mass is 871 g/mol. The Balaban J connectivity index is 1.02. The van der Waals surface area contributed by atoms with Gasteiger partial charge in [-0.05, 0) is 103 Å². The number of nitro groups is 1. The topological polar surface area (TPSA) is 172 Å². The largest absolute Gasteiger partial charge is 0.455 e. The Morgan fingerprint density at radius 2 is 1.85 bits per heavy atom. The van der Waals surface area contributed by atoms with Crippen LogP contribution in [0.25, 0.3) is 16.6 Å². The number of anilines is 2. The molecule has 61 heavy (non-hydrogen) atoms. The number of aromatic amines is 1. The van der Waals surface area contributed by atoms with Gasteiger partial charge in [0.05, 0.1) is 27.1 Å². The van der Waals surface area contributed by atoms with Crippen LogP contribution in [0.5, 0.6) is 11.5 Å². The fourth-order valence-electron chi connectivity index (χ4n) is 8.16. The molecule has 3 N–H and O–H groups in total. The first kappa shape index (κ1) is 37.3. The minimum atomic E-state index is -4.60. The molecule has 3 aromatic carbocycles. The summed E-state index contributed by atoms with van der Waals surface area (Å²) in [7, 11) is -4.60. The maximum absolute atomic E-state index is 13.9. The number of aromatic nitrogens is 2. The normalized spacial score (nSPS) is 18.6. The van der Waals surface area contributed by atoms with Crippen LogP contribution in [0.2, 0.25) is 5.02 Å². The van der Waals surface area contributed by atoms with Gasteiger partial charge < -0.3 is 24.7 Å². The van der Waals surface area contributed by atoms with E-state index in [-0.39, 0.29) is 57.5 Å². The quantitative estimate of drug-likeness (QED) is 0.0764. The number of allylic oxidation sites excluding steroid dienone is 1. The summed E-state index contributed by atoms with van der Waals surface area (Å²) >= 11 is 6.17. The number of hydrogen-bond donors (Lipinski definition) is 3. The Labute approximate surface area is 366 Å². The number of ether oxygens (including phenoxy) is 2. The number of nitro benzene ring substituents is 1. The highest BCUT2D eigenvalue weighted by molar-refractivity contribution is 7.90. The molecule has 1 amide bonds. The number of carbonyl (C=O) groups excluding carboxylic acids is 1. The molecule has 0 radical (unpaired) electrons. The zero-order chi connectivity index (χ0) is 46.2. The number of sulfonamides is 1. The lowest BCUT2D eigenvalue weighted by Gasteiger charge is -2.39. The van der Waals surface area contributed by atoms with Crippen LogP contribution in [-0.2, 0) is 14.8 Å². The van der Waals surface area contributed by atoms with Gasteiger partial charge in [-0.3, -0.25) is 19.8 Å². The van der Waals surface area contributed by atoms with Gasteiger partial charge in [0, 0.05) is 86.9 Å². The zero-order valence-corrected chi connectivity index (χ0v) is 35.5. The lowest BCUT2D eigenvalue weighted by atomic mass is 9.72. The van der Waals surface area contributed by atoms with Gasteiger partial charge >= 0.3 is 0 Å². The van der Waals surface area contributed by atoms with E-state index in [1.165, 1.54) is 24.4 Å². The molecule has 4 heterocycles. The molecule has 14 nitrogen and oxygen atoms in total. The number of piperazine rings is 1. The van der Waals surface area contributed by atoms with Crippen LogP contribution in [0.1, 0.15) is 67.4 Å². The van der Waals surface area contributed by atoms with Crippen LogP contribution in [-0.4, -0.2) is 86.6 Å². The van der Waals surface area contributed by atoms with Crippen LogP contribution < -0.4 is 19.7 Å². The van der Waals surface area contributed by atoms with Crippen molar-refractivity contribution in [3.05, 3.63) is 117 Å². The number of nitrogens with one attached hydrogen (secondary N) is 3. The molecule has 0 unspecified atom stereocenters. The van der Waals surface area contributed by atoms with E-state index in [0.29, 0.717) is 75.9 Å². The van der Waals surface area contributed by atoms with Gasteiger partial charge in [0.1, 0.15) is 22.8 Å². The van der Waals surface area contributed by atoms with Gasteiger partial charge in [0.15, 0.2) is 0 Å². The van der Waals surface area contributed by atoms with E-state index in [0.717, 1.165) is 54.0 Å². The molecule has 3 aliphatic rings. The van der Waals surface area contributed by atoms with Crippen LogP contribution in [0, 0.1) is 21.4 Å². The Hall–Kier alpha value is -5.48. The summed E-state index contributed by atoms with van der Waals surface area (Å²) in [5.41, 5.74) is 3.14. The lowest BCUT2D eigenvalue weighted by molar-refractivity contribution is -0.384. The molecule has 2 aromatic heterocycles. The second-order valence-corrected chi connectivity index (χ2v) is 18.6. The number of nitrogens with zero attached hydrogens (tertiary/aromatic N) is 4. The molecule has 16 heteroatoms. The third kappa shape index (κ3) is 10.0. The second kappa shape index (κ2) is 17.9. The predicted octanol–water partition coefficient (Wildman–Crippen LogP) is 8.66. The highest BCUT2D eigenvalue weighted by Crippen LogP contribution is 2.43. The fourth-order valence-corrected chi connectivity index (χ4v) is 9.24. The van der Waals surface area contributed by atoms with E-state index in [1.807, 2.05) is 6.07 Å². The predicted molar refractivity (Wildman–Crippen MR) is 237 cm³/mol. The molecule has 8 rings (SSSR count). The number of rotatable bonds is 13. The Morgan fingerprint density at radius 3 is 2.61 bits per heavy atom. The summed E-state index contributed by atoms with van der Waals surface area (Å²) in [6, 6.07) is 11.2. The summed E-state index contributed by atoms with van der Waals surface area (Å²) in [6.45, 7) is 9.05. The van der Waals surface area contributed by atoms with E-state index < -0.39 is 31.4 Å². The number of fused-ring (bicyclic) bond motifs is 1. The third-order valence-electron chi connectivity index (χ3n) is 11.7. The summed E-state index contributed by atoms with van der Waals surface area (Å²) < 4.78 is 75.4. The number of H-pyrrole nitrogens is 1. The van der Waals surface area contributed by atoms with Crippen molar-refractivity contribution in [1.82, 2.24) is 19.6 Å². The van der Waals surface area contributed by atoms with Crippen molar-refractivity contribution in [3.8, 4) is 11.5 Å². The number of hydrogen-bond acceptors (Lipinski definition) is 11. The molecule has 2 aliphatic heterocycles. The SMILES string of the molecule is [2H]c1c([2H])c(C2=C(CN3CCN(c4ccc(C(=O)NS(=O)(=O)c5ccc(NCC6CCOCC6)c([N+](=O)[O-])c5)c(Oc5cnc6[nH]ccc6c5)c4)CC3)CCC(C)(C)C2)c([2H])c([2H])c1Cl. The Kier molecular flexibility index (Phi) is 10.9. The van der Waals surface area contributed by atoms with Gasteiger partial charge in [0.2, 0.25) is 0 Å². The van der Waals surface area contributed by atoms with Gasteiger partial charge in [-0.15, -0.1) is 0 Å². The molecule has 0 spiro atoms. The number of pyridine rings is 1.